The topological polar surface area (TPSA) is 49.9 Å². The average Bonchev–Trinajstić information content (AvgIpc) is 2.94. The zero-order valence-corrected chi connectivity index (χ0v) is 12.4. The van der Waals surface area contributed by atoms with Gasteiger partial charge in [-0.15, -0.1) is 0 Å². The van der Waals surface area contributed by atoms with E-state index in [9.17, 15) is 0 Å². The molecule has 20 heavy (non-hydrogen) atoms. The van der Waals surface area contributed by atoms with Gasteiger partial charge in [0, 0.05) is 12.4 Å². The smallest absolute Gasteiger partial charge is 0.127 e. The number of nitrogens with zero attached hydrogens (tertiary/aromatic N) is 1. The van der Waals surface area contributed by atoms with E-state index in [4.69, 9.17) is 4.74 Å². The van der Waals surface area contributed by atoms with Gasteiger partial charge in [-0.05, 0) is 44.5 Å². The van der Waals surface area contributed by atoms with Crippen molar-refractivity contribution in [1.82, 2.24) is 15.3 Å². The Bertz CT molecular complexity index is 491. The number of aromatic amines is 1. The summed E-state index contributed by atoms with van der Waals surface area (Å²) in [6, 6.07) is 8.30. The average molecular weight is 273 g/mol. The minimum absolute atomic E-state index is 0.0954. The highest BCUT2D eigenvalue weighted by Crippen LogP contribution is 2.22. The predicted octanol–water partition coefficient (Wildman–Crippen LogP) is 3.29. The van der Waals surface area contributed by atoms with Crippen LogP contribution in [0.5, 0.6) is 5.75 Å². The number of hydrogen-bond donors (Lipinski definition) is 2. The Morgan fingerprint density at radius 1 is 1.25 bits per heavy atom. The molecule has 1 aromatic carbocycles. The van der Waals surface area contributed by atoms with Crippen LogP contribution in [0.3, 0.4) is 0 Å². The Morgan fingerprint density at radius 2 is 2.00 bits per heavy atom. The summed E-state index contributed by atoms with van der Waals surface area (Å²) in [5.41, 5.74) is 1.18. The molecule has 0 aliphatic rings. The minimum atomic E-state index is 0.0954. The lowest BCUT2D eigenvalue weighted by Crippen LogP contribution is -2.24. The molecule has 0 bridgehead atoms. The zero-order chi connectivity index (χ0) is 14.4. The van der Waals surface area contributed by atoms with Crippen LogP contribution in [0.25, 0.3) is 0 Å². The summed E-state index contributed by atoms with van der Waals surface area (Å²) in [5.74, 6) is 1.84. The molecule has 0 aliphatic carbocycles. The Kier molecular flexibility index (Phi) is 5.18. The Hall–Kier alpha value is -1.81. The van der Waals surface area contributed by atoms with Crippen molar-refractivity contribution >= 4 is 0 Å². The van der Waals surface area contributed by atoms with Crippen LogP contribution in [0, 0.1) is 0 Å². The van der Waals surface area contributed by atoms with Crippen LogP contribution in [0.1, 0.15) is 44.6 Å². The first-order valence-corrected chi connectivity index (χ1v) is 7.20. The van der Waals surface area contributed by atoms with E-state index in [-0.39, 0.29) is 12.1 Å². The lowest BCUT2D eigenvalue weighted by Gasteiger charge is -2.17. The van der Waals surface area contributed by atoms with E-state index in [0.717, 1.165) is 24.5 Å². The normalized spacial score (nSPS) is 12.6. The Morgan fingerprint density at radius 3 is 2.55 bits per heavy atom. The second kappa shape index (κ2) is 7.10. The third-order valence-corrected chi connectivity index (χ3v) is 2.98. The highest BCUT2D eigenvalue weighted by atomic mass is 16.5. The molecule has 1 atom stereocenters. The summed E-state index contributed by atoms with van der Waals surface area (Å²) in [7, 11) is 0. The van der Waals surface area contributed by atoms with Crippen molar-refractivity contribution in [3.05, 3.63) is 48.0 Å². The predicted molar refractivity (Wildman–Crippen MR) is 80.9 cm³/mol. The maximum absolute atomic E-state index is 5.68. The number of benzene rings is 1. The summed E-state index contributed by atoms with van der Waals surface area (Å²) < 4.78 is 5.68. The Labute approximate surface area is 120 Å². The van der Waals surface area contributed by atoms with Gasteiger partial charge in [-0.25, -0.2) is 4.98 Å². The van der Waals surface area contributed by atoms with Gasteiger partial charge < -0.3 is 15.0 Å². The van der Waals surface area contributed by atoms with E-state index in [1.165, 1.54) is 5.56 Å². The molecule has 0 saturated heterocycles. The van der Waals surface area contributed by atoms with Crippen molar-refractivity contribution in [3.8, 4) is 5.75 Å². The first-order valence-electron chi connectivity index (χ1n) is 7.20. The third-order valence-electron chi connectivity index (χ3n) is 2.98. The number of H-pyrrole nitrogens is 1. The Balaban J connectivity index is 2.16. The molecule has 2 aromatic rings. The van der Waals surface area contributed by atoms with Crippen molar-refractivity contribution in [2.75, 3.05) is 6.54 Å². The molecular weight excluding hydrogens is 250 g/mol. The van der Waals surface area contributed by atoms with Gasteiger partial charge in [-0.1, -0.05) is 19.1 Å². The molecule has 4 nitrogen and oxygen atoms in total. The van der Waals surface area contributed by atoms with Gasteiger partial charge in [0.25, 0.3) is 0 Å². The van der Waals surface area contributed by atoms with E-state index in [2.05, 4.69) is 34.3 Å². The van der Waals surface area contributed by atoms with Crippen molar-refractivity contribution < 1.29 is 4.74 Å². The van der Waals surface area contributed by atoms with Crippen LogP contribution in [-0.2, 0) is 0 Å². The third kappa shape index (κ3) is 3.84. The first-order chi connectivity index (χ1) is 9.70. The lowest BCUT2D eigenvalue weighted by molar-refractivity contribution is 0.242. The zero-order valence-electron chi connectivity index (χ0n) is 12.4. The maximum atomic E-state index is 5.68. The maximum Gasteiger partial charge on any atom is 0.127 e. The number of imidazole rings is 1. The van der Waals surface area contributed by atoms with Crippen LogP contribution in [0.4, 0.5) is 0 Å². The van der Waals surface area contributed by atoms with Gasteiger partial charge in [0.1, 0.15) is 11.6 Å². The van der Waals surface area contributed by atoms with E-state index in [0.29, 0.717) is 0 Å². The molecule has 0 spiro atoms. The molecule has 1 unspecified atom stereocenters. The molecule has 0 fully saturated rings. The lowest BCUT2D eigenvalue weighted by atomic mass is 10.1. The minimum Gasteiger partial charge on any atom is -0.491 e. The molecule has 0 saturated carbocycles. The summed E-state index contributed by atoms with van der Waals surface area (Å²) in [4.78, 5) is 7.55. The quantitative estimate of drug-likeness (QED) is 0.814. The molecule has 0 amide bonds. The van der Waals surface area contributed by atoms with Crippen LogP contribution in [0.2, 0.25) is 0 Å². The molecule has 4 heteroatoms. The van der Waals surface area contributed by atoms with E-state index in [1.807, 2.05) is 32.2 Å². The number of aromatic nitrogens is 2. The fourth-order valence-electron chi connectivity index (χ4n) is 2.11. The number of hydrogen-bond acceptors (Lipinski definition) is 3. The summed E-state index contributed by atoms with van der Waals surface area (Å²) in [6.07, 6.45) is 4.92. The van der Waals surface area contributed by atoms with E-state index in [1.54, 1.807) is 6.20 Å². The number of nitrogens with one attached hydrogen (secondary N) is 2. The largest absolute Gasteiger partial charge is 0.491 e. The fourth-order valence-corrected chi connectivity index (χ4v) is 2.11. The molecule has 2 N–H and O–H groups in total. The van der Waals surface area contributed by atoms with Gasteiger partial charge >= 0.3 is 0 Å². The van der Waals surface area contributed by atoms with Crippen molar-refractivity contribution in [3.63, 3.8) is 0 Å². The van der Waals surface area contributed by atoms with Gasteiger partial charge in [0.05, 0.1) is 12.1 Å². The monoisotopic (exact) mass is 273 g/mol. The first kappa shape index (κ1) is 14.6. The summed E-state index contributed by atoms with van der Waals surface area (Å²) >= 11 is 0. The van der Waals surface area contributed by atoms with Gasteiger partial charge in [-0.2, -0.15) is 0 Å². The molecule has 108 valence electrons. The standard InChI is InChI=1S/C16H23N3O/c1-4-9-17-15(16-18-10-11-19-16)13-5-7-14(8-6-13)20-12(2)3/h5-8,10-12,15,17H,4,9H2,1-3H3,(H,18,19). The van der Waals surface area contributed by atoms with Crippen LogP contribution in [0.15, 0.2) is 36.7 Å². The number of rotatable bonds is 7. The molecule has 1 aromatic heterocycles. The highest BCUT2D eigenvalue weighted by Gasteiger charge is 2.15. The summed E-state index contributed by atoms with van der Waals surface area (Å²) in [5, 5.41) is 3.51. The van der Waals surface area contributed by atoms with Crippen molar-refractivity contribution in [2.45, 2.75) is 39.3 Å². The number of ether oxygens (including phenoxy) is 1. The molecule has 1 heterocycles. The van der Waals surface area contributed by atoms with Crippen LogP contribution < -0.4 is 10.1 Å². The van der Waals surface area contributed by atoms with Crippen molar-refractivity contribution in [2.24, 2.45) is 0 Å². The molecule has 2 rings (SSSR count). The van der Waals surface area contributed by atoms with Gasteiger partial charge in [0.15, 0.2) is 0 Å². The fraction of sp³-hybridized carbons (Fsp3) is 0.438. The molecule has 0 radical (unpaired) electrons. The highest BCUT2D eigenvalue weighted by molar-refractivity contribution is 5.32. The van der Waals surface area contributed by atoms with E-state index >= 15 is 0 Å². The van der Waals surface area contributed by atoms with Gasteiger partial charge in [0.2, 0.25) is 0 Å². The second-order valence-corrected chi connectivity index (χ2v) is 5.10. The van der Waals surface area contributed by atoms with Crippen molar-refractivity contribution in [1.29, 1.82) is 0 Å². The second-order valence-electron chi connectivity index (χ2n) is 5.10. The van der Waals surface area contributed by atoms with E-state index < -0.39 is 0 Å². The van der Waals surface area contributed by atoms with Crippen LogP contribution in [-0.4, -0.2) is 22.6 Å². The van der Waals surface area contributed by atoms with Gasteiger partial charge in [-0.3, -0.25) is 0 Å². The molecular formula is C16H23N3O. The SMILES string of the molecule is CCCNC(c1ccc(OC(C)C)cc1)c1ncc[nH]1. The summed E-state index contributed by atoms with van der Waals surface area (Å²) in [6.45, 7) is 7.17. The van der Waals surface area contributed by atoms with Crippen LogP contribution >= 0.6 is 0 Å². The molecule has 0 aliphatic heterocycles.